The van der Waals surface area contributed by atoms with Crippen LogP contribution in [0.15, 0.2) is 0 Å². The molecule has 142 valence electrons. The van der Waals surface area contributed by atoms with E-state index in [1.54, 1.807) is 0 Å². The summed E-state index contributed by atoms with van der Waals surface area (Å²) in [6.07, 6.45) is 10.7. The summed E-state index contributed by atoms with van der Waals surface area (Å²) in [4.78, 5) is 17.3. The Hall–Kier alpha value is -0.450. The van der Waals surface area contributed by atoms with Crippen LogP contribution in [0.25, 0.3) is 0 Å². The lowest BCUT2D eigenvalue weighted by Gasteiger charge is -2.60. The monoisotopic (exact) mass is 350 g/mol. The fourth-order valence-corrected chi connectivity index (χ4v) is 8.03. The van der Waals surface area contributed by atoms with Crippen molar-refractivity contribution >= 4 is 5.78 Å². The summed E-state index contributed by atoms with van der Waals surface area (Å²) in [5, 5.41) is 12.6. The second-order valence-corrected chi connectivity index (χ2v) is 10.0. The van der Waals surface area contributed by atoms with Crippen LogP contribution in [-0.4, -0.2) is 17.1 Å². The summed E-state index contributed by atoms with van der Waals surface area (Å²) in [6, 6.07) is 0. The van der Waals surface area contributed by atoms with Gasteiger partial charge in [-0.25, -0.2) is 10.1 Å². The van der Waals surface area contributed by atoms with Crippen LogP contribution in [0.5, 0.6) is 0 Å². The van der Waals surface area contributed by atoms with E-state index < -0.39 is 0 Å². The lowest BCUT2D eigenvalue weighted by molar-refractivity contribution is -0.509. The van der Waals surface area contributed by atoms with Crippen molar-refractivity contribution in [2.24, 2.45) is 40.4 Å². The summed E-state index contributed by atoms with van der Waals surface area (Å²) < 4.78 is 0. The number of ketones is 1. The number of fused-ring (bicyclic) bond motifs is 5. The molecule has 4 rings (SSSR count). The van der Waals surface area contributed by atoms with Crippen molar-refractivity contribution < 1.29 is 20.0 Å². The van der Waals surface area contributed by atoms with Gasteiger partial charge in [-0.05, 0) is 99.2 Å². The number of hydrogen-bond donors (Lipinski definition) is 1. The molecule has 4 fully saturated rings. The van der Waals surface area contributed by atoms with Crippen LogP contribution in [0.3, 0.4) is 0 Å². The van der Waals surface area contributed by atoms with Crippen molar-refractivity contribution in [1.29, 1.82) is 0 Å². The zero-order valence-corrected chi connectivity index (χ0v) is 16.0. The van der Waals surface area contributed by atoms with Crippen LogP contribution in [-0.2, 0) is 14.7 Å². The Morgan fingerprint density at radius 1 is 0.960 bits per heavy atom. The van der Waals surface area contributed by atoms with Crippen molar-refractivity contribution in [2.75, 3.05) is 0 Å². The molecule has 0 amide bonds. The fraction of sp³-hybridized carbons (Fsp3) is 0.952. The van der Waals surface area contributed by atoms with E-state index in [0.29, 0.717) is 23.0 Å². The Kier molecular flexibility index (Phi) is 4.53. The maximum absolute atomic E-state index is 12.2. The average Bonchev–Trinajstić information content (AvgIpc) is 2.93. The third kappa shape index (κ3) is 2.62. The zero-order chi connectivity index (χ0) is 17.8. The molecule has 1 N–H and O–H groups in total. The van der Waals surface area contributed by atoms with E-state index in [4.69, 9.17) is 10.1 Å². The Balaban J connectivity index is 1.55. The molecule has 4 aliphatic rings. The maximum atomic E-state index is 12.2. The minimum Gasteiger partial charge on any atom is -0.300 e. The van der Waals surface area contributed by atoms with Gasteiger partial charge in [0.1, 0.15) is 5.78 Å². The topological polar surface area (TPSA) is 55.8 Å². The van der Waals surface area contributed by atoms with Crippen molar-refractivity contribution in [2.45, 2.75) is 84.7 Å². The molecule has 0 aromatic carbocycles. The van der Waals surface area contributed by atoms with E-state index in [0.717, 1.165) is 37.0 Å². The molecular weight excluding hydrogens is 316 g/mol. The Morgan fingerprint density at radius 2 is 1.68 bits per heavy atom. The molecule has 0 spiro atoms. The first-order valence-corrected chi connectivity index (χ1v) is 10.4. The predicted octanol–water partition coefficient (Wildman–Crippen LogP) is 5.02. The molecule has 0 aromatic rings. The second-order valence-electron chi connectivity index (χ2n) is 10.0. The molecule has 8 atom stereocenters. The summed E-state index contributed by atoms with van der Waals surface area (Å²) in [5.74, 6) is 3.74. The van der Waals surface area contributed by atoms with Crippen LogP contribution < -0.4 is 0 Å². The van der Waals surface area contributed by atoms with Crippen molar-refractivity contribution in [3.05, 3.63) is 0 Å². The molecule has 4 aliphatic carbocycles. The molecule has 0 heterocycles. The van der Waals surface area contributed by atoms with Crippen LogP contribution in [0.4, 0.5) is 0 Å². The van der Waals surface area contributed by atoms with Gasteiger partial charge in [0.15, 0.2) is 0 Å². The highest BCUT2D eigenvalue weighted by atomic mass is 17.5. The lowest BCUT2D eigenvalue weighted by Crippen LogP contribution is -2.54. The highest BCUT2D eigenvalue weighted by Crippen LogP contribution is 2.67. The van der Waals surface area contributed by atoms with E-state index in [1.807, 2.05) is 6.92 Å². The molecule has 0 saturated heterocycles. The molecule has 4 heteroatoms. The minimum atomic E-state index is 0.0436. The number of carbonyl (C=O) groups is 1. The number of Topliss-reactive ketones (excluding diaryl/α,β-unsaturated/α-hetero) is 1. The molecule has 4 nitrogen and oxygen atoms in total. The van der Waals surface area contributed by atoms with Gasteiger partial charge in [0.2, 0.25) is 0 Å². The first-order chi connectivity index (χ1) is 11.9. The van der Waals surface area contributed by atoms with E-state index >= 15 is 0 Å². The molecule has 0 aliphatic heterocycles. The van der Waals surface area contributed by atoms with Gasteiger partial charge in [-0.1, -0.05) is 18.9 Å². The highest BCUT2D eigenvalue weighted by molar-refractivity contribution is 5.79. The Morgan fingerprint density at radius 3 is 2.40 bits per heavy atom. The molecule has 0 radical (unpaired) electrons. The van der Waals surface area contributed by atoms with Crippen LogP contribution in [0.2, 0.25) is 0 Å². The maximum Gasteiger partial charge on any atom is 0.133 e. The van der Waals surface area contributed by atoms with E-state index in [1.165, 1.54) is 38.5 Å². The zero-order valence-electron chi connectivity index (χ0n) is 16.0. The van der Waals surface area contributed by atoms with Gasteiger partial charge in [0, 0.05) is 5.92 Å². The van der Waals surface area contributed by atoms with Crippen molar-refractivity contribution in [1.82, 2.24) is 0 Å². The Bertz CT molecular complexity index is 534. The largest absolute Gasteiger partial charge is 0.300 e. The molecule has 25 heavy (non-hydrogen) atoms. The van der Waals surface area contributed by atoms with Gasteiger partial charge in [0.25, 0.3) is 0 Å². The Labute approximate surface area is 151 Å². The van der Waals surface area contributed by atoms with Crippen LogP contribution >= 0.6 is 0 Å². The van der Waals surface area contributed by atoms with Crippen LogP contribution in [0, 0.1) is 40.4 Å². The number of rotatable bonds is 3. The first kappa shape index (κ1) is 17.9. The van der Waals surface area contributed by atoms with Gasteiger partial charge in [-0.2, -0.15) is 0 Å². The first-order valence-electron chi connectivity index (χ1n) is 10.4. The van der Waals surface area contributed by atoms with E-state index in [-0.39, 0.29) is 11.5 Å². The van der Waals surface area contributed by atoms with E-state index in [9.17, 15) is 4.79 Å². The van der Waals surface area contributed by atoms with Crippen LogP contribution in [0.1, 0.15) is 78.6 Å². The van der Waals surface area contributed by atoms with Crippen molar-refractivity contribution in [3.8, 4) is 0 Å². The SMILES string of the molecule is CC(=O)[C@H]1CCC2C3CC[C@@H]4C[C@@H](OOO)CC[C@]4(C)C3CC[C@@]21C. The predicted molar refractivity (Wildman–Crippen MR) is 94.5 cm³/mol. The minimum absolute atomic E-state index is 0.0436. The third-order valence-electron chi connectivity index (χ3n) is 9.29. The summed E-state index contributed by atoms with van der Waals surface area (Å²) >= 11 is 0. The van der Waals surface area contributed by atoms with Gasteiger partial charge < -0.3 is 0 Å². The third-order valence-corrected chi connectivity index (χ3v) is 9.29. The molecule has 3 unspecified atom stereocenters. The standard InChI is InChI=1S/C21H34O4/c1-13(22)17-6-7-18-16-5-4-14-12-15(24-25-23)8-10-20(14,2)19(16)9-11-21(17,18)3/h14-19,23H,4-12H2,1-3H3/t14-,15+,16?,17-,18?,19?,20+,21-/m1/s1. The summed E-state index contributed by atoms with van der Waals surface area (Å²) in [5.41, 5.74) is 0.648. The van der Waals surface area contributed by atoms with Gasteiger partial charge in [0.05, 0.1) is 6.10 Å². The molecule has 0 aromatic heterocycles. The van der Waals surface area contributed by atoms with Crippen molar-refractivity contribution in [3.63, 3.8) is 0 Å². The van der Waals surface area contributed by atoms with Gasteiger partial charge in [-0.3, -0.25) is 4.79 Å². The number of hydrogen-bond acceptors (Lipinski definition) is 4. The number of carbonyl (C=O) groups excluding carboxylic acids is 1. The van der Waals surface area contributed by atoms with E-state index in [2.05, 4.69) is 18.9 Å². The van der Waals surface area contributed by atoms with Gasteiger partial charge >= 0.3 is 0 Å². The smallest absolute Gasteiger partial charge is 0.133 e. The summed E-state index contributed by atoms with van der Waals surface area (Å²) in [6.45, 7) is 6.75. The molecule has 4 saturated carbocycles. The normalized spacial score (nSPS) is 52.2. The average molecular weight is 350 g/mol. The molecular formula is C21H34O4. The lowest BCUT2D eigenvalue weighted by atomic mass is 9.44. The fourth-order valence-electron chi connectivity index (χ4n) is 8.03. The second kappa shape index (κ2) is 6.31. The molecule has 0 bridgehead atoms. The highest BCUT2D eigenvalue weighted by Gasteiger charge is 2.60. The quantitative estimate of drug-likeness (QED) is 0.573. The summed E-state index contributed by atoms with van der Waals surface area (Å²) in [7, 11) is 0. The van der Waals surface area contributed by atoms with Gasteiger partial charge in [-0.15, -0.1) is 0 Å².